The van der Waals surface area contributed by atoms with Crippen molar-refractivity contribution in [3.8, 4) is 0 Å². The van der Waals surface area contributed by atoms with Gasteiger partial charge in [-0.15, -0.1) is 11.3 Å². The fraction of sp³-hybridized carbons (Fsp3) is 0.444. The Morgan fingerprint density at radius 3 is 3.07 bits per heavy atom. The summed E-state index contributed by atoms with van der Waals surface area (Å²) in [5.74, 6) is 0.880. The van der Waals surface area contributed by atoms with E-state index in [0.717, 1.165) is 52.5 Å². The van der Waals surface area contributed by atoms with Gasteiger partial charge in [-0.05, 0) is 44.4 Å². The quantitative estimate of drug-likeness (QED) is 0.659. The maximum absolute atomic E-state index is 12.3. The Kier molecular flexibility index (Phi) is 4.93. The molecule has 4 rings (SSSR count). The van der Waals surface area contributed by atoms with Crippen LogP contribution in [0.4, 0.5) is 10.5 Å². The number of thiazole rings is 1. The Balaban J connectivity index is 1.27. The highest BCUT2D eigenvalue weighted by Crippen LogP contribution is 2.24. The minimum Gasteiger partial charge on any atom is -0.338 e. The first-order valence-electron chi connectivity index (χ1n) is 9.19. The smallest absolute Gasteiger partial charge is 0.338 e. The summed E-state index contributed by atoms with van der Waals surface area (Å²) in [5, 5.41) is 11.1. The Morgan fingerprint density at radius 2 is 2.22 bits per heavy atom. The van der Waals surface area contributed by atoms with Gasteiger partial charge in [0.05, 0.1) is 15.2 Å². The van der Waals surface area contributed by atoms with Crippen molar-refractivity contribution in [1.82, 2.24) is 24.6 Å². The number of anilines is 1. The molecular weight excluding hydrogens is 364 g/mol. The molecule has 0 saturated heterocycles. The van der Waals surface area contributed by atoms with Crippen molar-refractivity contribution in [2.45, 2.75) is 45.7 Å². The van der Waals surface area contributed by atoms with Gasteiger partial charge in [-0.3, -0.25) is 4.57 Å². The zero-order valence-corrected chi connectivity index (χ0v) is 16.0. The molecule has 142 valence electrons. The summed E-state index contributed by atoms with van der Waals surface area (Å²) < 4.78 is 4.33. The summed E-state index contributed by atoms with van der Waals surface area (Å²) in [6, 6.07) is 5.42. The number of aromatic nitrogens is 4. The second kappa shape index (κ2) is 7.51. The molecule has 1 aliphatic rings. The van der Waals surface area contributed by atoms with E-state index >= 15 is 0 Å². The molecule has 27 heavy (non-hydrogen) atoms. The normalized spacial score (nSPS) is 13.5. The van der Waals surface area contributed by atoms with Gasteiger partial charge in [0.2, 0.25) is 0 Å². The number of amides is 2. The fourth-order valence-corrected chi connectivity index (χ4v) is 4.18. The molecule has 0 bridgehead atoms. The molecule has 3 heterocycles. The predicted molar refractivity (Wildman–Crippen MR) is 105 cm³/mol. The average Bonchev–Trinajstić information content (AvgIpc) is 3.18. The number of fused-ring (bicyclic) bond motifs is 2. The monoisotopic (exact) mass is 386 g/mol. The van der Waals surface area contributed by atoms with Crippen LogP contribution in [-0.2, 0) is 19.5 Å². The lowest BCUT2D eigenvalue weighted by Gasteiger charge is -2.09. The first-order valence-corrected chi connectivity index (χ1v) is 10.0. The first kappa shape index (κ1) is 17.7. The summed E-state index contributed by atoms with van der Waals surface area (Å²) in [5.41, 5.74) is 1.64. The number of carbonyl (C=O) groups excluding carboxylic acids is 1. The van der Waals surface area contributed by atoms with E-state index in [1.165, 1.54) is 4.68 Å². The second-order valence-corrected chi connectivity index (χ2v) is 7.92. The maximum atomic E-state index is 12.3. The van der Waals surface area contributed by atoms with E-state index in [4.69, 9.17) is 0 Å². The lowest BCUT2D eigenvalue weighted by atomic mass is 10.2. The highest BCUT2D eigenvalue weighted by atomic mass is 32.1. The molecule has 0 spiro atoms. The molecule has 9 heteroatoms. The molecule has 2 N–H and O–H groups in total. The van der Waals surface area contributed by atoms with Gasteiger partial charge in [0.1, 0.15) is 5.82 Å². The number of rotatable bonds is 5. The summed E-state index contributed by atoms with van der Waals surface area (Å²) >= 11 is 1.60. The standard InChI is InChI=1S/C18H22N6O2S/c1-12-20-14-7-6-13(11-15(14)27-12)21-17(25)19-8-4-10-24-18(26)23-9-3-2-5-16(23)22-24/h6-7,11H,2-5,8-10H2,1H3,(H2,19,21,25). The SMILES string of the molecule is Cc1nc2ccc(NC(=O)NCCCn3nc4n(c3=O)CCCC4)cc2s1. The number of carbonyl (C=O) groups is 1. The lowest BCUT2D eigenvalue weighted by Crippen LogP contribution is -2.31. The number of aryl methyl sites for hydroxylation is 3. The topological polar surface area (TPSA) is 93.8 Å². The van der Waals surface area contributed by atoms with Gasteiger partial charge in [0.15, 0.2) is 0 Å². The van der Waals surface area contributed by atoms with Gasteiger partial charge >= 0.3 is 11.7 Å². The molecule has 0 atom stereocenters. The van der Waals surface area contributed by atoms with Crippen LogP contribution in [-0.4, -0.2) is 31.9 Å². The number of urea groups is 1. The minimum atomic E-state index is -0.257. The summed E-state index contributed by atoms with van der Waals surface area (Å²) in [4.78, 5) is 28.7. The van der Waals surface area contributed by atoms with Crippen molar-refractivity contribution >= 4 is 33.3 Å². The van der Waals surface area contributed by atoms with Crippen LogP contribution < -0.4 is 16.3 Å². The molecule has 1 aromatic carbocycles. The van der Waals surface area contributed by atoms with Crippen LogP contribution in [0.5, 0.6) is 0 Å². The number of hydrogen-bond acceptors (Lipinski definition) is 5. The van der Waals surface area contributed by atoms with Crippen LogP contribution in [0.15, 0.2) is 23.0 Å². The van der Waals surface area contributed by atoms with Crippen molar-refractivity contribution < 1.29 is 4.79 Å². The molecule has 2 amide bonds. The third-order valence-electron chi connectivity index (χ3n) is 4.62. The molecule has 0 aliphatic carbocycles. The summed E-state index contributed by atoms with van der Waals surface area (Å²) in [6.07, 6.45) is 3.64. The molecule has 8 nitrogen and oxygen atoms in total. The number of nitrogens with one attached hydrogen (secondary N) is 2. The summed E-state index contributed by atoms with van der Waals surface area (Å²) in [7, 11) is 0. The van der Waals surface area contributed by atoms with Crippen LogP contribution in [0.1, 0.15) is 30.1 Å². The zero-order valence-electron chi connectivity index (χ0n) is 15.2. The van der Waals surface area contributed by atoms with Gasteiger partial charge in [-0.1, -0.05) is 0 Å². The third-order valence-corrected chi connectivity index (χ3v) is 5.55. The Hall–Kier alpha value is -2.68. The molecule has 3 aromatic rings. The van der Waals surface area contributed by atoms with E-state index in [-0.39, 0.29) is 11.7 Å². The van der Waals surface area contributed by atoms with Crippen LogP contribution in [0.25, 0.3) is 10.2 Å². The molecule has 1 aliphatic heterocycles. The van der Waals surface area contributed by atoms with E-state index in [2.05, 4.69) is 20.7 Å². The second-order valence-electron chi connectivity index (χ2n) is 6.68. The Labute approximate surface area is 160 Å². The van der Waals surface area contributed by atoms with E-state index < -0.39 is 0 Å². The van der Waals surface area contributed by atoms with E-state index in [1.807, 2.05) is 25.1 Å². The third kappa shape index (κ3) is 3.87. The van der Waals surface area contributed by atoms with Gasteiger partial charge in [0, 0.05) is 31.7 Å². The number of benzene rings is 1. The molecular formula is C18H22N6O2S. The molecule has 0 radical (unpaired) electrons. The molecule has 0 unspecified atom stereocenters. The van der Waals surface area contributed by atoms with Crippen LogP contribution in [0.2, 0.25) is 0 Å². The Bertz CT molecular complexity index is 1030. The van der Waals surface area contributed by atoms with Crippen molar-refractivity contribution in [1.29, 1.82) is 0 Å². The first-order chi connectivity index (χ1) is 13.1. The highest BCUT2D eigenvalue weighted by Gasteiger charge is 2.16. The van der Waals surface area contributed by atoms with Crippen molar-refractivity contribution in [3.63, 3.8) is 0 Å². The van der Waals surface area contributed by atoms with E-state index in [1.54, 1.807) is 15.9 Å². The van der Waals surface area contributed by atoms with Crippen LogP contribution in [0, 0.1) is 6.92 Å². The lowest BCUT2D eigenvalue weighted by molar-refractivity contribution is 0.251. The van der Waals surface area contributed by atoms with Gasteiger partial charge in [-0.2, -0.15) is 5.10 Å². The molecule has 0 fully saturated rings. The van der Waals surface area contributed by atoms with Gasteiger partial charge in [-0.25, -0.2) is 19.3 Å². The van der Waals surface area contributed by atoms with Gasteiger partial charge in [0.25, 0.3) is 0 Å². The largest absolute Gasteiger partial charge is 0.345 e. The van der Waals surface area contributed by atoms with Crippen molar-refractivity contribution in [2.75, 3.05) is 11.9 Å². The van der Waals surface area contributed by atoms with Crippen molar-refractivity contribution in [2.24, 2.45) is 0 Å². The molecule has 0 saturated carbocycles. The van der Waals surface area contributed by atoms with Crippen LogP contribution >= 0.6 is 11.3 Å². The number of nitrogens with zero attached hydrogens (tertiary/aromatic N) is 4. The number of hydrogen-bond donors (Lipinski definition) is 2. The minimum absolute atomic E-state index is 0.0395. The highest BCUT2D eigenvalue weighted by molar-refractivity contribution is 7.18. The molecule has 2 aromatic heterocycles. The predicted octanol–water partition coefficient (Wildman–Crippen LogP) is 2.51. The maximum Gasteiger partial charge on any atom is 0.345 e. The fourth-order valence-electron chi connectivity index (χ4n) is 3.32. The van der Waals surface area contributed by atoms with Gasteiger partial charge < -0.3 is 10.6 Å². The summed E-state index contributed by atoms with van der Waals surface area (Å²) in [6.45, 7) is 3.71. The zero-order chi connectivity index (χ0) is 18.8. The van der Waals surface area contributed by atoms with E-state index in [0.29, 0.717) is 19.5 Å². The van der Waals surface area contributed by atoms with Crippen molar-refractivity contribution in [3.05, 3.63) is 39.5 Å². The average molecular weight is 386 g/mol. The van der Waals surface area contributed by atoms with E-state index in [9.17, 15) is 9.59 Å². The Morgan fingerprint density at radius 1 is 1.33 bits per heavy atom. The van der Waals surface area contributed by atoms with Crippen LogP contribution in [0.3, 0.4) is 0 Å².